The van der Waals surface area contributed by atoms with E-state index in [1.807, 2.05) is 0 Å². The van der Waals surface area contributed by atoms with Crippen LogP contribution in [0.4, 0.5) is 0 Å². The predicted octanol–water partition coefficient (Wildman–Crippen LogP) is 5.24. The van der Waals surface area contributed by atoms with Crippen LogP contribution in [-0.2, 0) is 0 Å². The third kappa shape index (κ3) is 3.59. The Morgan fingerprint density at radius 2 is 2.00 bits per heavy atom. The topological polar surface area (TPSA) is 0 Å². The molecule has 90 valence electrons. The van der Waals surface area contributed by atoms with Gasteiger partial charge in [0.1, 0.15) is 0 Å². The molecule has 0 heteroatoms. The Kier molecular flexibility index (Phi) is 4.19. The van der Waals surface area contributed by atoms with Gasteiger partial charge < -0.3 is 0 Å². The molecule has 0 saturated heterocycles. The molecule has 0 N–H and O–H groups in total. The lowest BCUT2D eigenvalue weighted by molar-refractivity contribution is 0.593. The van der Waals surface area contributed by atoms with Crippen molar-refractivity contribution in [2.24, 2.45) is 0 Å². The zero-order valence-corrected chi connectivity index (χ0v) is 10.9. The summed E-state index contributed by atoms with van der Waals surface area (Å²) in [7, 11) is 0. The zero-order valence-electron chi connectivity index (χ0n) is 10.9. The van der Waals surface area contributed by atoms with Gasteiger partial charge in [-0.2, -0.15) is 0 Å². The summed E-state index contributed by atoms with van der Waals surface area (Å²) in [5.41, 5.74) is 4.56. The molecule has 0 fully saturated rings. The van der Waals surface area contributed by atoms with Gasteiger partial charge in [0.25, 0.3) is 0 Å². The first-order valence-electron chi connectivity index (χ1n) is 6.62. The predicted molar refractivity (Wildman–Crippen MR) is 75.2 cm³/mol. The maximum absolute atomic E-state index is 2.46. The standard InChI is InChI=1S/C17H22/c1-14(2)8-9-15-10-12-17(13-11-15)16-6-4-3-5-7-16/h3-8,10,17H,9,11-13H2,1-2H3. The van der Waals surface area contributed by atoms with Crippen LogP contribution in [-0.4, -0.2) is 0 Å². The average Bonchev–Trinajstić information content (AvgIpc) is 2.38. The van der Waals surface area contributed by atoms with E-state index in [2.05, 4.69) is 56.3 Å². The van der Waals surface area contributed by atoms with Gasteiger partial charge in [0.2, 0.25) is 0 Å². The van der Waals surface area contributed by atoms with E-state index in [9.17, 15) is 0 Å². The summed E-state index contributed by atoms with van der Waals surface area (Å²) < 4.78 is 0. The molecule has 0 saturated carbocycles. The molecular formula is C17H22. The number of hydrogen-bond donors (Lipinski definition) is 0. The van der Waals surface area contributed by atoms with E-state index in [0.29, 0.717) is 0 Å². The summed E-state index contributed by atoms with van der Waals surface area (Å²) >= 11 is 0. The quantitative estimate of drug-likeness (QED) is 0.618. The first-order valence-corrected chi connectivity index (χ1v) is 6.62. The van der Waals surface area contributed by atoms with Crippen LogP contribution >= 0.6 is 0 Å². The lowest BCUT2D eigenvalue weighted by atomic mass is 9.84. The van der Waals surface area contributed by atoms with Gasteiger partial charge in [-0.15, -0.1) is 0 Å². The van der Waals surface area contributed by atoms with E-state index in [1.54, 1.807) is 5.57 Å². The molecule has 1 aromatic carbocycles. The second-order valence-corrected chi connectivity index (χ2v) is 5.23. The fraction of sp³-hybridized carbons (Fsp3) is 0.412. The van der Waals surface area contributed by atoms with Crippen molar-refractivity contribution in [3.63, 3.8) is 0 Å². The Balaban J connectivity index is 1.95. The van der Waals surface area contributed by atoms with Gasteiger partial charge in [0.05, 0.1) is 0 Å². The van der Waals surface area contributed by atoms with Gasteiger partial charge in [-0.1, -0.05) is 53.6 Å². The summed E-state index contributed by atoms with van der Waals surface area (Å²) in [5.74, 6) is 0.742. The van der Waals surface area contributed by atoms with Crippen molar-refractivity contribution < 1.29 is 0 Å². The van der Waals surface area contributed by atoms with Crippen molar-refractivity contribution in [2.45, 2.75) is 45.4 Å². The first kappa shape index (κ1) is 12.2. The molecule has 1 aliphatic rings. The van der Waals surface area contributed by atoms with Crippen molar-refractivity contribution in [3.8, 4) is 0 Å². The zero-order chi connectivity index (χ0) is 12.1. The van der Waals surface area contributed by atoms with Crippen LogP contribution in [0.5, 0.6) is 0 Å². The third-order valence-electron chi connectivity index (χ3n) is 3.55. The van der Waals surface area contributed by atoms with Crippen molar-refractivity contribution in [1.29, 1.82) is 0 Å². The molecule has 0 spiro atoms. The van der Waals surface area contributed by atoms with Crippen molar-refractivity contribution in [3.05, 3.63) is 59.2 Å². The number of hydrogen-bond acceptors (Lipinski definition) is 0. The highest BCUT2D eigenvalue weighted by molar-refractivity contribution is 5.24. The molecule has 1 unspecified atom stereocenters. The fourth-order valence-corrected chi connectivity index (χ4v) is 2.44. The molecular weight excluding hydrogens is 204 g/mol. The molecule has 0 amide bonds. The minimum atomic E-state index is 0.742. The van der Waals surface area contributed by atoms with E-state index < -0.39 is 0 Å². The van der Waals surface area contributed by atoms with E-state index in [0.717, 1.165) is 12.3 Å². The SMILES string of the molecule is CC(C)=CCC1=CCC(c2ccccc2)CC1. The summed E-state index contributed by atoms with van der Waals surface area (Å²) in [5, 5.41) is 0. The molecule has 1 aromatic rings. The van der Waals surface area contributed by atoms with Gasteiger partial charge in [-0.3, -0.25) is 0 Å². The van der Waals surface area contributed by atoms with Crippen molar-refractivity contribution in [2.75, 3.05) is 0 Å². The largest absolute Gasteiger partial charge is 0.0844 e. The minimum Gasteiger partial charge on any atom is -0.0844 e. The van der Waals surface area contributed by atoms with Crippen LogP contribution in [0.1, 0.15) is 51.0 Å². The third-order valence-corrected chi connectivity index (χ3v) is 3.55. The van der Waals surface area contributed by atoms with Crippen LogP contribution < -0.4 is 0 Å². The summed E-state index contributed by atoms with van der Waals surface area (Å²) in [4.78, 5) is 0. The summed E-state index contributed by atoms with van der Waals surface area (Å²) in [6, 6.07) is 10.9. The maximum Gasteiger partial charge on any atom is -0.0124 e. The van der Waals surface area contributed by atoms with Crippen LogP contribution in [0, 0.1) is 0 Å². The van der Waals surface area contributed by atoms with Crippen LogP contribution in [0.2, 0.25) is 0 Å². The molecule has 0 bridgehead atoms. The molecule has 1 atom stereocenters. The van der Waals surface area contributed by atoms with E-state index >= 15 is 0 Å². The Labute approximate surface area is 105 Å². The van der Waals surface area contributed by atoms with Crippen molar-refractivity contribution >= 4 is 0 Å². The second-order valence-electron chi connectivity index (χ2n) is 5.23. The van der Waals surface area contributed by atoms with E-state index in [1.165, 1.54) is 30.4 Å². The van der Waals surface area contributed by atoms with Gasteiger partial charge in [0.15, 0.2) is 0 Å². The molecule has 0 heterocycles. The highest BCUT2D eigenvalue weighted by Gasteiger charge is 2.15. The highest BCUT2D eigenvalue weighted by Crippen LogP contribution is 2.33. The molecule has 17 heavy (non-hydrogen) atoms. The lowest BCUT2D eigenvalue weighted by Crippen LogP contribution is -2.04. The normalized spacial score (nSPS) is 19.6. The number of benzene rings is 1. The Morgan fingerprint density at radius 1 is 1.24 bits per heavy atom. The molecule has 1 aliphatic carbocycles. The van der Waals surface area contributed by atoms with E-state index in [4.69, 9.17) is 0 Å². The summed E-state index contributed by atoms with van der Waals surface area (Å²) in [6.45, 7) is 4.35. The molecule has 0 radical (unpaired) electrons. The van der Waals surface area contributed by atoms with Gasteiger partial charge in [-0.25, -0.2) is 0 Å². The van der Waals surface area contributed by atoms with Gasteiger partial charge in [-0.05, 0) is 51.0 Å². The minimum absolute atomic E-state index is 0.742. The van der Waals surface area contributed by atoms with Crippen molar-refractivity contribution in [1.82, 2.24) is 0 Å². The maximum atomic E-state index is 2.46. The van der Waals surface area contributed by atoms with Crippen LogP contribution in [0.25, 0.3) is 0 Å². The lowest BCUT2D eigenvalue weighted by Gasteiger charge is -2.21. The average molecular weight is 226 g/mol. The number of allylic oxidation sites excluding steroid dienone is 4. The fourth-order valence-electron chi connectivity index (χ4n) is 2.44. The number of rotatable bonds is 3. The van der Waals surface area contributed by atoms with Gasteiger partial charge >= 0.3 is 0 Å². The molecule has 0 aromatic heterocycles. The molecule has 0 aliphatic heterocycles. The Hall–Kier alpha value is -1.30. The van der Waals surface area contributed by atoms with Crippen LogP contribution in [0.15, 0.2) is 53.6 Å². The van der Waals surface area contributed by atoms with Gasteiger partial charge in [0, 0.05) is 0 Å². The first-order chi connectivity index (χ1) is 8.25. The summed E-state index contributed by atoms with van der Waals surface area (Å²) in [6.07, 6.45) is 9.75. The second kappa shape index (κ2) is 5.86. The Bertz CT molecular complexity index is 405. The monoisotopic (exact) mass is 226 g/mol. The molecule has 0 nitrogen and oxygen atoms in total. The van der Waals surface area contributed by atoms with Crippen LogP contribution in [0.3, 0.4) is 0 Å². The highest BCUT2D eigenvalue weighted by atomic mass is 14.2. The molecule has 2 rings (SSSR count). The van der Waals surface area contributed by atoms with E-state index in [-0.39, 0.29) is 0 Å². The smallest absolute Gasteiger partial charge is 0.0124 e. The Morgan fingerprint density at radius 3 is 2.59 bits per heavy atom.